The molecule has 0 atom stereocenters. The number of imidazole rings is 1. The Morgan fingerprint density at radius 2 is 2.26 bits per heavy atom. The van der Waals surface area contributed by atoms with Crippen molar-refractivity contribution in [2.24, 2.45) is 5.73 Å². The quantitative estimate of drug-likeness (QED) is 0.690. The molecule has 0 bridgehead atoms. The van der Waals surface area contributed by atoms with E-state index < -0.39 is 5.91 Å². The Bertz CT molecular complexity index is 757. The maximum atomic E-state index is 11.1. The van der Waals surface area contributed by atoms with Gasteiger partial charge in [0.1, 0.15) is 11.5 Å². The van der Waals surface area contributed by atoms with E-state index in [2.05, 4.69) is 20.4 Å². The number of hydrogen-bond acceptors (Lipinski definition) is 5. The number of amides is 1. The molecule has 0 aliphatic rings. The smallest absolute Gasteiger partial charge is 0.269 e. The number of hydrogen-bond donors (Lipinski definition) is 2. The first-order valence-corrected chi connectivity index (χ1v) is 5.56. The first-order valence-electron chi connectivity index (χ1n) is 5.56. The Kier molecular flexibility index (Phi) is 2.41. The molecule has 8 heteroatoms. The fourth-order valence-electron chi connectivity index (χ4n) is 1.76. The second-order valence-electron chi connectivity index (χ2n) is 3.87. The predicted molar refractivity (Wildman–Crippen MR) is 68.2 cm³/mol. The van der Waals surface area contributed by atoms with Crippen LogP contribution in [-0.4, -0.2) is 37.1 Å². The monoisotopic (exact) mass is 257 g/mol. The Balaban J connectivity index is 2.21. The summed E-state index contributed by atoms with van der Waals surface area (Å²) in [6.45, 7) is 0. The summed E-state index contributed by atoms with van der Waals surface area (Å²) >= 11 is 0. The van der Waals surface area contributed by atoms with Crippen LogP contribution in [0.1, 0.15) is 10.5 Å². The molecule has 0 unspecified atom stereocenters. The lowest BCUT2D eigenvalue weighted by atomic mass is 10.4. The average Bonchev–Trinajstić information content (AvgIpc) is 3.06. The zero-order valence-corrected chi connectivity index (χ0v) is 10.1. The van der Waals surface area contributed by atoms with Crippen LogP contribution in [-0.2, 0) is 0 Å². The molecule has 0 radical (unpaired) electrons. The topological polar surface area (TPSA) is 103 Å². The first-order chi connectivity index (χ1) is 9.19. The fourth-order valence-corrected chi connectivity index (χ4v) is 1.76. The standard InChI is InChI=1S/C11H11N7O/c1-13-8-6-17-5-3-14-10(17)11(15-8)18-4-2-7(16-18)9(12)19/h2-6,13H,1H3,(H2,12,19). The maximum absolute atomic E-state index is 11.1. The molecule has 1 amide bonds. The maximum Gasteiger partial charge on any atom is 0.269 e. The molecule has 0 saturated heterocycles. The highest BCUT2D eigenvalue weighted by Crippen LogP contribution is 2.15. The van der Waals surface area contributed by atoms with Gasteiger partial charge in [0, 0.05) is 25.6 Å². The van der Waals surface area contributed by atoms with Crippen LogP contribution >= 0.6 is 0 Å². The number of nitrogens with two attached hydrogens (primary N) is 1. The van der Waals surface area contributed by atoms with Gasteiger partial charge in [0.25, 0.3) is 5.91 Å². The highest BCUT2D eigenvalue weighted by atomic mass is 16.1. The summed E-state index contributed by atoms with van der Waals surface area (Å²) in [6, 6.07) is 1.54. The third-order valence-electron chi connectivity index (χ3n) is 2.67. The lowest BCUT2D eigenvalue weighted by molar-refractivity contribution is 0.0995. The van der Waals surface area contributed by atoms with Gasteiger partial charge in [-0.25, -0.2) is 14.6 Å². The van der Waals surface area contributed by atoms with Crippen LogP contribution in [0.25, 0.3) is 11.5 Å². The van der Waals surface area contributed by atoms with Crippen LogP contribution in [0, 0.1) is 0 Å². The summed E-state index contributed by atoms with van der Waals surface area (Å²) in [5, 5.41) is 7.04. The first kappa shape index (κ1) is 11.2. The molecule has 3 heterocycles. The molecular formula is C11H11N7O. The normalized spacial score (nSPS) is 10.8. The lowest BCUT2D eigenvalue weighted by Gasteiger charge is -2.06. The van der Waals surface area contributed by atoms with Crippen LogP contribution in [0.5, 0.6) is 0 Å². The number of carbonyl (C=O) groups is 1. The van der Waals surface area contributed by atoms with Crippen molar-refractivity contribution in [1.29, 1.82) is 0 Å². The van der Waals surface area contributed by atoms with Gasteiger partial charge in [-0.3, -0.25) is 4.79 Å². The second-order valence-corrected chi connectivity index (χ2v) is 3.87. The molecule has 0 aliphatic carbocycles. The Hall–Kier alpha value is -2.90. The van der Waals surface area contributed by atoms with Crippen molar-refractivity contribution < 1.29 is 4.79 Å². The van der Waals surface area contributed by atoms with Crippen LogP contribution in [0.3, 0.4) is 0 Å². The van der Waals surface area contributed by atoms with Gasteiger partial charge in [-0.1, -0.05) is 0 Å². The van der Waals surface area contributed by atoms with Crippen molar-refractivity contribution >= 4 is 17.4 Å². The highest BCUT2D eigenvalue weighted by molar-refractivity contribution is 5.90. The molecule has 3 rings (SSSR count). The lowest BCUT2D eigenvalue weighted by Crippen LogP contribution is -2.13. The van der Waals surface area contributed by atoms with E-state index in [0.29, 0.717) is 17.3 Å². The Labute approximate surface area is 107 Å². The summed E-state index contributed by atoms with van der Waals surface area (Å²) in [6.07, 6.45) is 6.90. The number of rotatable bonds is 3. The molecule has 19 heavy (non-hydrogen) atoms. The minimum atomic E-state index is -0.581. The van der Waals surface area contributed by atoms with Crippen molar-refractivity contribution in [1.82, 2.24) is 24.1 Å². The molecule has 3 N–H and O–H groups in total. The number of nitrogens with one attached hydrogen (secondary N) is 1. The molecule has 0 spiro atoms. The van der Waals surface area contributed by atoms with E-state index in [9.17, 15) is 4.79 Å². The van der Waals surface area contributed by atoms with Gasteiger partial charge in [0.05, 0.1) is 6.20 Å². The SMILES string of the molecule is CNc1cn2ccnc2c(-n2ccc(C(N)=O)n2)n1. The van der Waals surface area contributed by atoms with Gasteiger partial charge in [-0.15, -0.1) is 0 Å². The van der Waals surface area contributed by atoms with Crippen molar-refractivity contribution in [3.8, 4) is 5.82 Å². The van der Waals surface area contributed by atoms with Crippen molar-refractivity contribution in [3.63, 3.8) is 0 Å². The second kappa shape index (κ2) is 4.09. The highest BCUT2D eigenvalue weighted by Gasteiger charge is 2.12. The number of nitrogens with zero attached hydrogens (tertiary/aromatic N) is 5. The zero-order valence-electron chi connectivity index (χ0n) is 10.1. The van der Waals surface area contributed by atoms with Gasteiger partial charge in [-0.05, 0) is 6.07 Å². The summed E-state index contributed by atoms with van der Waals surface area (Å²) in [5.41, 5.74) is 6.00. The summed E-state index contributed by atoms with van der Waals surface area (Å²) < 4.78 is 3.29. The van der Waals surface area contributed by atoms with E-state index in [4.69, 9.17) is 5.73 Å². The molecule has 3 aromatic rings. The van der Waals surface area contributed by atoms with E-state index in [1.807, 2.05) is 10.6 Å². The van der Waals surface area contributed by atoms with Gasteiger partial charge in [0.15, 0.2) is 11.5 Å². The van der Waals surface area contributed by atoms with Crippen LogP contribution in [0.2, 0.25) is 0 Å². The van der Waals surface area contributed by atoms with E-state index in [-0.39, 0.29) is 5.69 Å². The molecule has 3 aromatic heterocycles. The van der Waals surface area contributed by atoms with E-state index >= 15 is 0 Å². The van der Waals surface area contributed by atoms with Crippen LogP contribution < -0.4 is 11.1 Å². The number of fused-ring (bicyclic) bond motifs is 1. The van der Waals surface area contributed by atoms with Crippen molar-refractivity contribution in [2.75, 3.05) is 12.4 Å². The molecule has 0 aromatic carbocycles. The van der Waals surface area contributed by atoms with Gasteiger partial charge in [0.2, 0.25) is 0 Å². The average molecular weight is 257 g/mol. The van der Waals surface area contributed by atoms with Crippen molar-refractivity contribution in [2.45, 2.75) is 0 Å². The van der Waals surface area contributed by atoms with Gasteiger partial charge >= 0.3 is 0 Å². The molecule has 8 nitrogen and oxygen atoms in total. The predicted octanol–water partition coefficient (Wildman–Crippen LogP) is 0.0556. The molecule has 96 valence electrons. The minimum absolute atomic E-state index is 0.182. The van der Waals surface area contributed by atoms with E-state index in [1.165, 1.54) is 10.7 Å². The zero-order chi connectivity index (χ0) is 13.4. The molecule has 0 saturated carbocycles. The number of anilines is 1. The van der Waals surface area contributed by atoms with Gasteiger partial charge < -0.3 is 15.5 Å². The number of primary amides is 1. The van der Waals surface area contributed by atoms with Gasteiger partial charge in [-0.2, -0.15) is 5.10 Å². The Morgan fingerprint density at radius 3 is 2.95 bits per heavy atom. The van der Waals surface area contributed by atoms with Crippen molar-refractivity contribution in [3.05, 3.63) is 36.5 Å². The van der Waals surface area contributed by atoms with Crippen LogP contribution in [0.15, 0.2) is 30.9 Å². The molecular weight excluding hydrogens is 246 g/mol. The third-order valence-corrected chi connectivity index (χ3v) is 2.67. The largest absolute Gasteiger partial charge is 0.372 e. The fraction of sp³-hybridized carbons (Fsp3) is 0.0909. The third kappa shape index (κ3) is 1.79. The minimum Gasteiger partial charge on any atom is -0.372 e. The summed E-state index contributed by atoms with van der Waals surface area (Å²) in [7, 11) is 1.77. The van der Waals surface area contributed by atoms with E-state index in [0.717, 1.165) is 0 Å². The molecule has 0 aliphatic heterocycles. The molecule has 0 fully saturated rings. The summed E-state index contributed by atoms with van der Waals surface area (Å²) in [5.74, 6) is 0.601. The number of carbonyl (C=O) groups excluding carboxylic acids is 1. The Morgan fingerprint density at radius 1 is 1.42 bits per heavy atom. The summed E-state index contributed by atoms with van der Waals surface area (Å²) in [4.78, 5) is 19.7. The number of aromatic nitrogens is 5. The van der Waals surface area contributed by atoms with Crippen LogP contribution in [0.4, 0.5) is 5.82 Å². The van der Waals surface area contributed by atoms with E-state index in [1.54, 1.807) is 25.6 Å².